The minimum Gasteiger partial charge on any atom is -0.308 e. The van der Waals surface area contributed by atoms with E-state index in [1.165, 1.54) is 4.88 Å². The Labute approximate surface area is 113 Å². The van der Waals surface area contributed by atoms with Crippen molar-refractivity contribution < 1.29 is 0 Å². The van der Waals surface area contributed by atoms with Crippen molar-refractivity contribution in [1.29, 1.82) is 5.26 Å². The summed E-state index contributed by atoms with van der Waals surface area (Å²) < 4.78 is 1.15. The Bertz CT molecular complexity index is 542. The molecule has 4 heteroatoms. The standard InChI is InChI=1S/C13H11BrN2S/c14-13-5-4-12(17-13)9-16-8-11-3-1-2-10(6-11)7-15/h1-6,16H,8-9H2. The fraction of sp³-hybridized carbons (Fsp3) is 0.154. The van der Waals surface area contributed by atoms with Crippen molar-refractivity contribution in [3.63, 3.8) is 0 Å². The number of hydrogen-bond acceptors (Lipinski definition) is 3. The minimum absolute atomic E-state index is 0.711. The number of nitriles is 1. The molecule has 0 bridgehead atoms. The van der Waals surface area contributed by atoms with Crippen LogP contribution >= 0.6 is 27.3 Å². The minimum atomic E-state index is 0.711. The third-order valence-electron chi connectivity index (χ3n) is 2.31. The van der Waals surface area contributed by atoms with E-state index in [0.717, 1.165) is 22.4 Å². The molecule has 0 spiro atoms. The van der Waals surface area contributed by atoms with Crippen LogP contribution in [-0.4, -0.2) is 0 Å². The highest BCUT2D eigenvalue weighted by atomic mass is 79.9. The molecular weight excluding hydrogens is 296 g/mol. The molecule has 0 aliphatic rings. The average molecular weight is 307 g/mol. The summed E-state index contributed by atoms with van der Waals surface area (Å²) in [4.78, 5) is 1.30. The second kappa shape index (κ2) is 5.97. The second-order valence-corrected chi connectivity index (χ2v) is 6.17. The van der Waals surface area contributed by atoms with Crippen molar-refractivity contribution in [1.82, 2.24) is 5.32 Å². The molecule has 2 nitrogen and oxygen atoms in total. The van der Waals surface area contributed by atoms with Crippen LogP contribution in [0.4, 0.5) is 0 Å². The summed E-state index contributed by atoms with van der Waals surface area (Å²) in [6.45, 7) is 1.64. The van der Waals surface area contributed by atoms with Crippen molar-refractivity contribution in [2.45, 2.75) is 13.1 Å². The van der Waals surface area contributed by atoms with Gasteiger partial charge in [0.15, 0.2) is 0 Å². The van der Waals surface area contributed by atoms with Gasteiger partial charge in [-0.1, -0.05) is 12.1 Å². The summed E-state index contributed by atoms with van der Waals surface area (Å²) in [5.41, 5.74) is 1.85. The quantitative estimate of drug-likeness (QED) is 0.935. The molecule has 0 saturated carbocycles. The van der Waals surface area contributed by atoms with Gasteiger partial charge in [-0.3, -0.25) is 0 Å². The van der Waals surface area contributed by atoms with Gasteiger partial charge >= 0.3 is 0 Å². The number of nitrogens with zero attached hydrogens (tertiary/aromatic N) is 1. The number of benzene rings is 1. The van der Waals surface area contributed by atoms with E-state index < -0.39 is 0 Å². The zero-order valence-corrected chi connectivity index (χ0v) is 11.5. The summed E-state index contributed by atoms with van der Waals surface area (Å²) in [7, 11) is 0. The molecule has 1 N–H and O–H groups in total. The van der Waals surface area contributed by atoms with Crippen LogP contribution in [0, 0.1) is 11.3 Å². The molecule has 0 saturated heterocycles. The average Bonchev–Trinajstić information content (AvgIpc) is 2.75. The molecule has 0 amide bonds. The molecule has 1 aromatic heterocycles. The van der Waals surface area contributed by atoms with Crippen LogP contribution in [-0.2, 0) is 13.1 Å². The van der Waals surface area contributed by atoms with E-state index in [4.69, 9.17) is 5.26 Å². The predicted octanol–water partition coefficient (Wildman–Crippen LogP) is 3.67. The smallest absolute Gasteiger partial charge is 0.0991 e. The van der Waals surface area contributed by atoms with Crippen LogP contribution in [0.15, 0.2) is 40.2 Å². The molecular formula is C13H11BrN2S. The molecule has 2 aromatic rings. The van der Waals surface area contributed by atoms with E-state index in [1.807, 2.05) is 24.3 Å². The lowest BCUT2D eigenvalue weighted by molar-refractivity contribution is 0.701. The normalized spacial score (nSPS) is 10.1. The van der Waals surface area contributed by atoms with Crippen molar-refractivity contribution in [2.75, 3.05) is 0 Å². The van der Waals surface area contributed by atoms with Gasteiger partial charge in [-0.05, 0) is 45.8 Å². The molecule has 1 heterocycles. The largest absolute Gasteiger partial charge is 0.308 e. The van der Waals surface area contributed by atoms with Gasteiger partial charge in [0, 0.05) is 18.0 Å². The summed E-state index contributed by atoms with van der Waals surface area (Å²) in [5.74, 6) is 0. The molecule has 0 unspecified atom stereocenters. The molecule has 0 atom stereocenters. The van der Waals surface area contributed by atoms with Crippen LogP contribution in [0.1, 0.15) is 16.0 Å². The molecule has 0 aliphatic carbocycles. The van der Waals surface area contributed by atoms with E-state index >= 15 is 0 Å². The molecule has 1 aromatic carbocycles. The van der Waals surface area contributed by atoms with Crippen molar-refractivity contribution in [3.8, 4) is 6.07 Å². The van der Waals surface area contributed by atoms with Gasteiger partial charge < -0.3 is 5.32 Å². The Morgan fingerprint density at radius 2 is 2.12 bits per heavy atom. The third kappa shape index (κ3) is 3.67. The molecule has 2 rings (SSSR count). The van der Waals surface area contributed by atoms with Crippen LogP contribution < -0.4 is 5.32 Å². The van der Waals surface area contributed by atoms with Crippen LogP contribution in [0.2, 0.25) is 0 Å². The predicted molar refractivity (Wildman–Crippen MR) is 73.7 cm³/mol. The van der Waals surface area contributed by atoms with E-state index in [2.05, 4.69) is 39.4 Å². The maximum Gasteiger partial charge on any atom is 0.0991 e. The molecule has 0 aliphatic heterocycles. The molecule has 0 fully saturated rings. The first-order chi connectivity index (χ1) is 8.28. The molecule has 0 radical (unpaired) electrons. The van der Waals surface area contributed by atoms with Crippen molar-refractivity contribution >= 4 is 27.3 Å². The summed E-state index contributed by atoms with van der Waals surface area (Å²) in [5, 5.41) is 12.2. The number of rotatable bonds is 4. The number of halogens is 1. The van der Waals surface area contributed by atoms with Gasteiger partial charge in [0.25, 0.3) is 0 Å². The summed E-state index contributed by atoms with van der Waals surface area (Å²) in [6.07, 6.45) is 0. The van der Waals surface area contributed by atoms with Gasteiger partial charge in [0.2, 0.25) is 0 Å². The Morgan fingerprint density at radius 1 is 1.24 bits per heavy atom. The van der Waals surface area contributed by atoms with Gasteiger partial charge in [-0.25, -0.2) is 0 Å². The van der Waals surface area contributed by atoms with Crippen molar-refractivity contribution in [2.24, 2.45) is 0 Å². The van der Waals surface area contributed by atoms with E-state index in [1.54, 1.807) is 11.3 Å². The Balaban J connectivity index is 1.88. The number of nitrogens with one attached hydrogen (secondary N) is 1. The fourth-order valence-electron chi connectivity index (χ4n) is 1.53. The highest BCUT2D eigenvalue weighted by molar-refractivity contribution is 9.11. The lowest BCUT2D eigenvalue weighted by atomic mass is 10.1. The monoisotopic (exact) mass is 306 g/mol. The highest BCUT2D eigenvalue weighted by Gasteiger charge is 1.98. The zero-order chi connectivity index (χ0) is 12.1. The van der Waals surface area contributed by atoms with Crippen LogP contribution in [0.5, 0.6) is 0 Å². The van der Waals surface area contributed by atoms with Gasteiger partial charge in [-0.2, -0.15) is 5.26 Å². The number of hydrogen-bond donors (Lipinski definition) is 1. The second-order valence-electron chi connectivity index (χ2n) is 3.62. The van der Waals surface area contributed by atoms with E-state index in [9.17, 15) is 0 Å². The lowest BCUT2D eigenvalue weighted by Gasteiger charge is -2.03. The van der Waals surface area contributed by atoms with Gasteiger partial charge in [-0.15, -0.1) is 11.3 Å². The Morgan fingerprint density at radius 3 is 2.82 bits per heavy atom. The SMILES string of the molecule is N#Cc1cccc(CNCc2ccc(Br)s2)c1. The lowest BCUT2D eigenvalue weighted by Crippen LogP contribution is -2.11. The Hall–Kier alpha value is -1.15. The highest BCUT2D eigenvalue weighted by Crippen LogP contribution is 2.21. The fourth-order valence-corrected chi connectivity index (χ4v) is 2.98. The topological polar surface area (TPSA) is 35.8 Å². The number of thiophene rings is 1. The van der Waals surface area contributed by atoms with Gasteiger partial charge in [0.05, 0.1) is 15.4 Å². The first-order valence-corrected chi connectivity index (χ1v) is 6.83. The maximum absolute atomic E-state index is 8.79. The van der Waals surface area contributed by atoms with E-state index in [0.29, 0.717) is 5.56 Å². The summed E-state index contributed by atoms with van der Waals surface area (Å²) >= 11 is 5.17. The third-order valence-corrected chi connectivity index (χ3v) is 3.94. The van der Waals surface area contributed by atoms with Crippen LogP contribution in [0.3, 0.4) is 0 Å². The molecule has 17 heavy (non-hydrogen) atoms. The van der Waals surface area contributed by atoms with Crippen molar-refractivity contribution in [3.05, 3.63) is 56.2 Å². The first-order valence-electron chi connectivity index (χ1n) is 5.22. The zero-order valence-electron chi connectivity index (χ0n) is 9.11. The van der Waals surface area contributed by atoms with E-state index in [-0.39, 0.29) is 0 Å². The molecule has 86 valence electrons. The maximum atomic E-state index is 8.79. The summed E-state index contributed by atoms with van der Waals surface area (Å²) in [6, 6.07) is 14.0. The Kier molecular flexibility index (Phi) is 4.32. The van der Waals surface area contributed by atoms with Crippen LogP contribution in [0.25, 0.3) is 0 Å². The first kappa shape index (κ1) is 12.3. The van der Waals surface area contributed by atoms with Gasteiger partial charge in [0.1, 0.15) is 0 Å².